The largest absolute Gasteiger partial charge is 0.378 e. The van der Waals surface area contributed by atoms with Gasteiger partial charge in [0.05, 0.1) is 5.56 Å². The minimum Gasteiger partial charge on any atom is -0.378 e. The Labute approximate surface area is 115 Å². The summed E-state index contributed by atoms with van der Waals surface area (Å²) >= 11 is 3.35. The smallest absolute Gasteiger partial charge is 0.250 e. The Morgan fingerprint density at radius 2 is 2.06 bits per heavy atom. The second-order valence-electron chi connectivity index (χ2n) is 4.87. The van der Waals surface area contributed by atoms with Crippen LogP contribution >= 0.6 is 15.9 Å². The fourth-order valence-electron chi connectivity index (χ4n) is 2.55. The van der Waals surface area contributed by atoms with Crippen LogP contribution in [0.3, 0.4) is 0 Å². The van der Waals surface area contributed by atoms with Gasteiger partial charge in [0.15, 0.2) is 0 Å². The molecule has 1 aliphatic rings. The van der Waals surface area contributed by atoms with E-state index in [-0.39, 0.29) is 5.54 Å². The summed E-state index contributed by atoms with van der Waals surface area (Å²) in [5.74, 6) is -0.427. The van der Waals surface area contributed by atoms with Crippen LogP contribution in [0.25, 0.3) is 0 Å². The zero-order chi connectivity index (χ0) is 13.2. The molecule has 1 aromatic carbocycles. The fraction of sp³-hybridized carbons (Fsp3) is 0.462. The molecule has 0 aromatic heterocycles. The standard InChI is InChI=1S/C13H18BrN3O/c14-9-3-4-11(10(7-9)12(16)18)17-13(8-15)5-1-2-6-13/h3-4,7,17H,1-2,5-6,8,15H2,(H2,16,18). The van der Waals surface area contributed by atoms with Gasteiger partial charge in [-0.05, 0) is 31.0 Å². The molecule has 4 nitrogen and oxygen atoms in total. The molecule has 0 unspecified atom stereocenters. The maximum atomic E-state index is 11.5. The molecule has 0 aliphatic heterocycles. The van der Waals surface area contributed by atoms with Gasteiger partial charge in [0, 0.05) is 22.2 Å². The predicted octanol–water partition coefficient (Wildman–Crippen LogP) is 2.23. The maximum Gasteiger partial charge on any atom is 0.250 e. The van der Waals surface area contributed by atoms with Crippen LogP contribution in [-0.4, -0.2) is 18.0 Å². The molecule has 0 bridgehead atoms. The Kier molecular flexibility index (Phi) is 3.92. The summed E-state index contributed by atoms with van der Waals surface area (Å²) in [4.78, 5) is 11.5. The average Bonchev–Trinajstić information content (AvgIpc) is 2.80. The fourth-order valence-corrected chi connectivity index (χ4v) is 2.91. The van der Waals surface area contributed by atoms with E-state index >= 15 is 0 Å². The molecule has 5 heteroatoms. The van der Waals surface area contributed by atoms with Crippen molar-refractivity contribution >= 4 is 27.5 Å². The van der Waals surface area contributed by atoms with E-state index in [1.165, 1.54) is 12.8 Å². The maximum absolute atomic E-state index is 11.5. The van der Waals surface area contributed by atoms with Gasteiger partial charge in [0.2, 0.25) is 0 Å². The van der Waals surface area contributed by atoms with Crippen LogP contribution in [-0.2, 0) is 0 Å². The van der Waals surface area contributed by atoms with E-state index in [4.69, 9.17) is 11.5 Å². The number of nitrogens with two attached hydrogens (primary N) is 2. The van der Waals surface area contributed by atoms with Gasteiger partial charge in [-0.3, -0.25) is 4.79 Å². The van der Waals surface area contributed by atoms with Gasteiger partial charge in [0.1, 0.15) is 0 Å². The van der Waals surface area contributed by atoms with E-state index in [0.717, 1.165) is 23.0 Å². The van der Waals surface area contributed by atoms with E-state index in [2.05, 4.69) is 21.2 Å². The van der Waals surface area contributed by atoms with Crippen molar-refractivity contribution in [1.82, 2.24) is 0 Å². The number of hydrogen-bond acceptors (Lipinski definition) is 3. The molecule has 1 aliphatic carbocycles. The molecule has 1 amide bonds. The van der Waals surface area contributed by atoms with Gasteiger partial charge < -0.3 is 16.8 Å². The van der Waals surface area contributed by atoms with Gasteiger partial charge in [-0.15, -0.1) is 0 Å². The number of nitrogens with one attached hydrogen (secondary N) is 1. The first kappa shape index (κ1) is 13.4. The lowest BCUT2D eigenvalue weighted by Crippen LogP contribution is -2.43. The van der Waals surface area contributed by atoms with Crippen LogP contribution < -0.4 is 16.8 Å². The van der Waals surface area contributed by atoms with E-state index in [9.17, 15) is 4.79 Å². The summed E-state index contributed by atoms with van der Waals surface area (Å²) in [5, 5.41) is 3.43. The monoisotopic (exact) mass is 311 g/mol. The minimum absolute atomic E-state index is 0.0853. The van der Waals surface area contributed by atoms with Crippen molar-refractivity contribution in [1.29, 1.82) is 0 Å². The highest BCUT2D eigenvalue weighted by Gasteiger charge is 2.32. The van der Waals surface area contributed by atoms with Crippen LogP contribution in [0.15, 0.2) is 22.7 Å². The van der Waals surface area contributed by atoms with Crippen molar-refractivity contribution in [3.8, 4) is 0 Å². The molecule has 0 saturated heterocycles. The normalized spacial score (nSPS) is 17.7. The zero-order valence-corrected chi connectivity index (χ0v) is 11.8. The molecule has 18 heavy (non-hydrogen) atoms. The molecule has 1 saturated carbocycles. The molecule has 0 spiro atoms. The van der Waals surface area contributed by atoms with Crippen molar-refractivity contribution in [2.24, 2.45) is 11.5 Å². The second-order valence-corrected chi connectivity index (χ2v) is 5.79. The summed E-state index contributed by atoms with van der Waals surface area (Å²) in [5.41, 5.74) is 12.5. The van der Waals surface area contributed by atoms with Crippen LogP contribution in [0.4, 0.5) is 5.69 Å². The molecule has 0 radical (unpaired) electrons. The van der Waals surface area contributed by atoms with Crippen molar-refractivity contribution < 1.29 is 4.79 Å². The summed E-state index contributed by atoms with van der Waals surface area (Å²) in [7, 11) is 0. The number of anilines is 1. The van der Waals surface area contributed by atoms with Gasteiger partial charge >= 0.3 is 0 Å². The second kappa shape index (κ2) is 5.28. The number of primary amides is 1. The van der Waals surface area contributed by atoms with Gasteiger partial charge in [0.25, 0.3) is 5.91 Å². The number of halogens is 1. The number of carbonyl (C=O) groups is 1. The van der Waals surface area contributed by atoms with Crippen molar-refractivity contribution in [3.05, 3.63) is 28.2 Å². The zero-order valence-electron chi connectivity index (χ0n) is 10.2. The van der Waals surface area contributed by atoms with Crippen LogP contribution in [0.1, 0.15) is 36.0 Å². The molecule has 98 valence electrons. The SMILES string of the molecule is NCC1(Nc2ccc(Br)cc2C(N)=O)CCCC1. The molecular formula is C13H18BrN3O. The molecule has 1 fully saturated rings. The van der Waals surface area contributed by atoms with E-state index in [0.29, 0.717) is 12.1 Å². The molecule has 0 atom stereocenters. The third-order valence-corrected chi connectivity index (χ3v) is 4.09. The summed E-state index contributed by atoms with van der Waals surface area (Å²) in [6.45, 7) is 0.571. The quantitative estimate of drug-likeness (QED) is 0.797. The van der Waals surface area contributed by atoms with E-state index in [1.54, 1.807) is 6.07 Å². The predicted molar refractivity (Wildman–Crippen MR) is 76.5 cm³/mol. The summed E-state index contributed by atoms with van der Waals surface area (Å²) in [6, 6.07) is 5.51. The molecule has 1 aromatic rings. The van der Waals surface area contributed by atoms with Crippen LogP contribution in [0.5, 0.6) is 0 Å². The highest BCUT2D eigenvalue weighted by Crippen LogP contribution is 2.33. The van der Waals surface area contributed by atoms with Crippen molar-refractivity contribution in [2.75, 3.05) is 11.9 Å². The first-order valence-corrected chi connectivity index (χ1v) is 6.93. The van der Waals surface area contributed by atoms with Crippen molar-refractivity contribution in [2.45, 2.75) is 31.2 Å². The lowest BCUT2D eigenvalue weighted by molar-refractivity contribution is 0.100. The first-order valence-electron chi connectivity index (χ1n) is 6.14. The Balaban J connectivity index is 2.30. The number of rotatable bonds is 4. The average molecular weight is 312 g/mol. The molecule has 2 rings (SSSR count). The third-order valence-electron chi connectivity index (χ3n) is 3.60. The van der Waals surface area contributed by atoms with E-state index < -0.39 is 5.91 Å². The van der Waals surface area contributed by atoms with Crippen LogP contribution in [0.2, 0.25) is 0 Å². The summed E-state index contributed by atoms with van der Waals surface area (Å²) in [6.07, 6.45) is 4.43. The topological polar surface area (TPSA) is 81.1 Å². The number of hydrogen-bond donors (Lipinski definition) is 3. The van der Waals surface area contributed by atoms with Crippen molar-refractivity contribution in [3.63, 3.8) is 0 Å². The Morgan fingerprint density at radius 1 is 1.39 bits per heavy atom. The summed E-state index contributed by atoms with van der Waals surface area (Å²) < 4.78 is 0.843. The molecular weight excluding hydrogens is 294 g/mol. The van der Waals surface area contributed by atoms with E-state index in [1.807, 2.05) is 12.1 Å². The molecule has 5 N–H and O–H groups in total. The van der Waals surface area contributed by atoms with Gasteiger partial charge in [-0.2, -0.15) is 0 Å². The third kappa shape index (κ3) is 2.67. The first-order chi connectivity index (χ1) is 8.56. The Bertz CT molecular complexity index is 456. The lowest BCUT2D eigenvalue weighted by atomic mass is 9.96. The Morgan fingerprint density at radius 3 is 2.61 bits per heavy atom. The highest BCUT2D eigenvalue weighted by atomic mass is 79.9. The number of benzene rings is 1. The highest BCUT2D eigenvalue weighted by molar-refractivity contribution is 9.10. The molecule has 0 heterocycles. The van der Waals surface area contributed by atoms with Gasteiger partial charge in [-0.1, -0.05) is 28.8 Å². The number of amides is 1. The minimum atomic E-state index is -0.427. The Hall–Kier alpha value is -1.07. The number of carbonyl (C=O) groups excluding carboxylic acids is 1. The van der Waals surface area contributed by atoms with Gasteiger partial charge in [-0.25, -0.2) is 0 Å². The van der Waals surface area contributed by atoms with Crippen LogP contribution in [0, 0.1) is 0 Å². The lowest BCUT2D eigenvalue weighted by Gasteiger charge is -2.30.